The van der Waals surface area contributed by atoms with Gasteiger partial charge in [-0.2, -0.15) is 13.2 Å². The van der Waals surface area contributed by atoms with Crippen molar-refractivity contribution in [1.82, 2.24) is 5.32 Å². The predicted octanol–water partition coefficient (Wildman–Crippen LogP) is 4.62. The number of benzene rings is 1. The van der Waals surface area contributed by atoms with Gasteiger partial charge in [-0.25, -0.2) is 4.79 Å². The topological polar surface area (TPSA) is 69.6 Å². The first-order valence-corrected chi connectivity index (χ1v) is 9.01. The van der Waals surface area contributed by atoms with Crippen molar-refractivity contribution in [3.63, 3.8) is 0 Å². The van der Waals surface area contributed by atoms with Gasteiger partial charge in [-0.15, -0.1) is 0 Å². The van der Waals surface area contributed by atoms with Gasteiger partial charge < -0.3 is 15.5 Å². The van der Waals surface area contributed by atoms with Crippen molar-refractivity contribution in [2.24, 2.45) is 0 Å². The van der Waals surface area contributed by atoms with Crippen molar-refractivity contribution in [3.05, 3.63) is 33.8 Å². The number of hydrogen-bond donors (Lipinski definition) is 3. The SMILES string of the molecule is O=C(O)C(F)(F)F.OCCCCNC1CCCC1c1ccc(Cl)c(Cl)c1. The molecule has 0 aliphatic heterocycles. The van der Waals surface area contributed by atoms with E-state index in [1.165, 1.54) is 24.8 Å². The molecule has 1 aromatic rings. The summed E-state index contributed by atoms with van der Waals surface area (Å²) in [6, 6.07) is 6.51. The predicted molar refractivity (Wildman–Crippen MR) is 94.9 cm³/mol. The third-order valence-corrected chi connectivity index (χ3v) is 4.86. The van der Waals surface area contributed by atoms with Gasteiger partial charge in [0.1, 0.15) is 0 Å². The second-order valence-electron chi connectivity index (χ2n) is 6.01. The van der Waals surface area contributed by atoms with Gasteiger partial charge in [0, 0.05) is 12.6 Å². The van der Waals surface area contributed by atoms with Crippen molar-refractivity contribution in [2.75, 3.05) is 13.2 Å². The van der Waals surface area contributed by atoms with Gasteiger partial charge in [0.15, 0.2) is 0 Å². The Morgan fingerprint density at radius 1 is 1.19 bits per heavy atom. The Morgan fingerprint density at radius 3 is 2.38 bits per heavy atom. The Labute approximate surface area is 160 Å². The van der Waals surface area contributed by atoms with Crippen LogP contribution in [0.3, 0.4) is 0 Å². The maximum absolute atomic E-state index is 10.6. The number of alkyl halides is 3. The quantitative estimate of drug-likeness (QED) is 0.592. The maximum atomic E-state index is 10.6. The molecule has 26 heavy (non-hydrogen) atoms. The summed E-state index contributed by atoms with van der Waals surface area (Å²) in [6.07, 6.45) is 0.487. The molecule has 0 aromatic heterocycles. The van der Waals surface area contributed by atoms with Crippen LogP contribution in [0.1, 0.15) is 43.6 Å². The van der Waals surface area contributed by atoms with Crippen LogP contribution in [-0.4, -0.2) is 41.6 Å². The van der Waals surface area contributed by atoms with E-state index in [0.717, 1.165) is 19.4 Å². The lowest BCUT2D eigenvalue weighted by Crippen LogP contribution is -2.32. The molecular formula is C17H22Cl2F3NO3. The maximum Gasteiger partial charge on any atom is 0.490 e. The minimum Gasteiger partial charge on any atom is -0.475 e. The number of carbonyl (C=O) groups is 1. The van der Waals surface area contributed by atoms with Crippen molar-refractivity contribution in [2.45, 2.75) is 50.2 Å². The molecule has 2 atom stereocenters. The molecule has 1 aromatic carbocycles. The van der Waals surface area contributed by atoms with E-state index in [4.69, 9.17) is 38.2 Å². The molecule has 1 aliphatic carbocycles. The fourth-order valence-electron chi connectivity index (χ4n) is 2.87. The van der Waals surface area contributed by atoms with E-state index in [1.807, 2.05) is 12.1 Å². The molecule has 0 radical (unpaired) electrons. The summed E-state index contributed by atoms with van der Waals surface area (Å²) in [6.45, 7) is 1.26. The van der Waals surface area contributed by atoms with Gasteiger partial charge >= 0.3 is 12.1 Å². The molecule has 148 valence electrons. The first-order valence-electron chi connectivity index (χ1n) is 8.26. The number of aliphatic hydroxyl groups is 1. The first kappa shape index (κ1) is 23.0. The van der Waals surface area contributed by atoms with Crippen molar-refractivity contribution >= 4 is 29.2 Å². The van der Waals surface area contributed by atoms with E-state index in [-0.39, 0.29) is 6.61 Å². The lowest BCUT2D eigenvalue weighted by atomic mass is 9.94. The van der Waals surface area contributed by atoms with Crippen molar-refractivity contribution in [3.8, 4) is 0 Å². The second kappa shape index (κ2) is 11.0. The summed E-state index contributed by atoms with van der Waals surface area (Å²) in [5, 5.41) is 20.8. The monoisotopic (exact) mass is 415 g/mol. The first-order chi connectivity index (χ1) is 12.2. The molecule has 1 aliphatic rings. The van der Waals surface area contributed by atoms with Gasteiger partial charge in [0.25, 0.3) is 0 Å². The van der Waals surface area contributed by atoms with Crippen molar-refractivity contribution in [1.29, 1.82) is 0 Å². The Balaban J connectivity index is 0.000000412. The zero-order valence-corrected chi connectivity index (χ0v) is 15.5. The Hall–Kier alpha value is -1.02. The van der Waals surface area contributed by atoms with E-state index in [1.54, 1.807) is 0 Å². The third kappa shape index (κ3) is 7.70. The van der Waals surface area contributed by atoms with E-state index >= 15 is 0 Å². The number of hydrogen-bond acceptors (Lipinski definition) is 3. The lowest BCUT2D eigenvalue weighted by molar-refractivity contribution is -0.192. The van der Waals surface area contributed by atoms with Gasteiger partial charge in [0.2, 0.25) is 0 Å². The normalized spacial score (nSPS) is 19.8. The Kier molecular flexibility index (Phi) is 9.71. The van der Waals surface area contributed by atoms with Crippen LogP contribution in [0.25, 0.3) is 0 Å². The second-order valence-corrected chi connectivity index (χ2v) is 6.82. The van der Waals surface area contributed by atoms with Crippen molar-refractivity contribution < 1.29 is 28.2 Å². The van der Waals surface area contributed by atoms with Gasteiger partial charge in [0.05, 0.1) is 10.0 Å². The molecule has 0 heterocycles. The molecule has 1 saturated carbocycles. The number of nitrogens with one attached hydrogen (secondary N) is 1. The number of aliphatic carboxylic acids is 1. The lowest BCUT2D eigenvalue weighted by Gasteiger charge is -2.22. The fourth-order valence-corrected chi connectivity index (χ4v) is 3.18. The molecule has 2 unspecified atom stereocenters. The van der Waals surface area contributed by atoms with E-state index in [0.29, 0.717) is 22.0 Å². The molecular weight excluding hydrogens is 394 g/mol. The average Bonchev–Trinajstić information content (AvgIpc) is 3.02. The van der Waals surface area contributed by atoms with Crippen LogP contribution >= 0.6 is 23.2 Å². The largest absolute Gasteiger partial charge is 0.490 e. The summed E-state index contributed by atoms with van der Waals surface area (Å²) >= 11 is 12.1. The Bertz CT molecular complexity index is 585. The van der Waals surface area contributed by atoms with E-state index in [9.17, 15) is 13.2 Å². The van der Waals surface area contributed by atoms with Crippen LogP contribution in [0, 0.1) is 0 Å². The molecule has 0 saturated heterocycles. The van der Waals surface area contributed by atoms with Crippen LogP contribution in [0.5, 0.6) is 0 Å². The van der Waals surface area contributed by atoms with Gasteiger partial charge in [-0.05, 0) is 55.8 Å². The van der Waals surface area contributed by atoms with E-state index < -0.39 is 12.1 Å². The number of carboxylic acid groups (broad SMARTS) is 1. The summed E-state index contributed by atoms with van der Waals surface area (Å²) in [4.78, 5) is 8.90. The molecule has 2 rings (SSSR count). The number of carboxylic acids is 1. The zero-order chi connectivity index (χ0) is 19.7. The highest BCUT2D eigenvalue weighted by molar-refractivity contribution is 6.42. The molecule has 3 N–H and O–H groups in total. The molecule has 0 spiro atoms. The number of aliphatic hydroxyl groups excluding tert-OH is 1. The smallest absolute Gasteiger partial charge is 0.475 e. The van der Waals surface area contributed by atoms with Crippen LogP contribution in [0.2, 0.25) is 10.0 Å². The molecule has 0 bridgehead atoms. The standard InChI is InChI=1S/C15H21Cl2NO.C2HF3O2/c16-13-7-6-11(10-14(13)17)12-4-3-5-15(12)18-8-1-2-9-19;3-2(4,5)1(6)7/h6-7,10,12,15,18-19H,1-5,8-9H2;(H,6,7). The summed E-state index contributed by atoms with van der Waals surface area (Å²) in [7, 11) is 0. The summed E-state index contributed by atoms with van der Waals surface area (Å²) in [5.41, 5.74) is 1.28. The minimum atomic E-state index is -5.08. The zero-order valence-electron chi connectivity index (χ0n) is 14.0. The molecule has 4 nitrogen and oxygen atoms in total. The highest BCUT2D eigenvalue weighted by atomic mass is 35.5. The van der Waals surface area contributed by atoms with Crippen LogP contribution in [-0.2, 0) is 4.79 Å². The van der Waals surface area contributed by atoms with Gasteiger partial charge in [-0.3, -0.25) is 0 Å². The Morgan fingerprint density at radius 2 is 1.85 bits per heavy atom. The summed E-state index contributed by atoms with van der Waals surface area (Å²) in [5.74, 6) is -2.23. The number of halogens is 5. The van der Waals surface area contributed by atoms with Crippen LogP contribution < -0.4 is 5.32 Å². The van der Waals surface area contributed by atoms with E-state index in [2.05, 4.69) is 11.4 Å². The minimum absolute atomic E-state index is 0.280. The molecule has 0 amide bonds. The van der Waals surface area contributed by atoms with Crippen LogP contribution in [0.15, 0.2) is 18.2 Å². The number of unbranched alkanes of at least 4 members (excludes halogenated alkanes) is 1. The fraction of sp³-hybridized carbons (Fsp3) is 0.588. The third-order valence-electron chi connectivity index (χ3n) is 4.12. The molecule has 9 heteroatoms. The van der Waals surface area contributed by atoms with Crippen LogP contribution in [0.4, 0.5) is 13.2 Å². The molecule has 1 fully saturated rings. The number of rotatable bonds is 6. The highest BCUT2D eigenvalue weighted by Crippen LogP contribution is 2.37. The average molecular weight is 416 g/mol. The van der Waals surface area contributed by atoms with Gasteiger partial charge in [-0.1, -0.05) is 35.7 Å². The summed E-state index contributed by atoms with van der Waals surface area (Å²) < 4.78 is 31.7. The highest BCUT2D eigenvalue weighted by Gasteiger charge is 2.38.